The van der Waals surface area contributed by atoms with Crippen LogP contribution in [0.3, 0.4) is 0 Å². The number of carbonyl (C=O) groups excluding carboxylic acids is 1. The molecule has 0 fully saturated rings. The Morgan fingerprint density at radius 1 is 1.35 bits per heavy atom. The Morgan fingerprint density at radius 2 is 1.94 bits per heavy atom. The molecule has 1 amide bonds. The zero-order chi connectivity index (χ0) is 13.2. The summed E-state index contributed by atoms with van der Waals surface area (Å²) in [6, 6.07) is -0.429. The van der Waals surface area contributed by atoms with E-state index < -0.39 is 17.9 Å². The second-order valence-corrected chi connectivity index (χ2v) is 5.43. The number of hydrogen-bond donors (Lipinski definition) is 2. The lowest BCUT2D eigenvalue weighted by molar-refractivity contribution is -0.141. The Labute approximate surface area is 104 Å². The van der Waals surface area contributed by atoms with Gasteiger partial charge in [0.1, 0.15) is 5.69 Å². The lowest BCUT2D eigenvalue weighted by Crippen LogP contribution is -2.40. The van der Waals surface area contributed by atoms with Crippen molar-refractivity contribution in [2.24, 2.45) is 5.92 Å². The van der Waals surface area contributed by atoms with Crippen LogP contribution >= 0.6 is 11.3 Å². The van der Waals surface area contributed by atoms with Gasteiger partial charge in [-0.2, -0.15) is 0 Å². The van der Waals surface area contributed by atoms with Gasteiger partial charge in [0.2, 0.25) is 0 Å². The highest BCUT2D eigenvalue weighted by Gasteiger charge is 2.23. The number of thiazole rings is 1. The summed E-state index contributed by atoms with van der Waals surface area (Å²) < 4.78 is 0. The highest BCUT2D eigenvalue weighted by atomic mass is 32.1. The van der Waals surface area contributed by atoms with Crippen LogP contribution in [-0.2, 0) is 4.79 Å². The number of nitrogens with one attached hydrogen (secondary N) is 1. The molecule has 1 rings (SSSR count). The summed E-state index contributed by atoms with van der Waals surface area (Å²) in [5.41, 5.74) is 0.386. The number of nitrogens with zero attached hydrogens (tertiary/aromatic N) is 1. The number of aliphatic carboxylic acids is 1. The molecule has 2 N–H and O–H groups in total. The lowest BCUT2D eigenvalue weighted by Gasteiger charge is -2.17. The van der Waals surface area contributed by atoms with Crippen molar-refractivity contribution in [2.45, 2.75) is 33.7 Å². The molecule has 1 heterocycles. The second-order valence-electron chi connectivity index (χ2n) is 4.03. The second kappa shape index (κ2) is 5.27. The van der Waals surface area contributed by atoms with Crippen LogP contribution in [0.4, 0.5) is 0 Å². The molecule has 0 aliphatic heterocycles. The van der Waals surface area contributed by atoms with Gasteiger partial charge in [-0.05, 0) is 27.7 Å². The van der Waals surface area contributed by atoms with Crippen molar-refractivity contribution < 1.29 is 14.7 Å². The maximum atomic E-state index is 11.9. The van der Waals surface area contributed by atoms with E-state index in [9.17, 15) is 9.59 Å². The monoisotopic (exact) mass is 256 g/mol. The van der Waals surface area contributed by atoms with Crippen LogP contribution in [0.2, 0.25) is 0 Å². The SMILES string of the molecule is Cc1nc(C(=O)NC(C)C(C)C(=O)O)c(C)s1. The smallest absolute Gasteiger partial charge is 0.308 e. The normalized spacial score (nSPS) is 14.1. The first-order chi connectivity index (χ1) is 7.82. The maximum absolute atomic E-state index is 11.9. The number of carboxylic acids is 1. The molecule has 6 heteroatoms. The minimum Gasteiger partial charge on any atom is -0.481 e. The Bertz CT molecular complexity index is 442. The molecule has 0 radical (unpaired) electrons. The highest BCUT2D eigenvalue weighted by Crippen LogP contribution is 2.16. The highest BCUT2D eigenvalue weighted by molar-refractivity contribution is 7.11. The Balaban J connectivity index is 2.73. The molecule has 1 aromatic heterocycles. The minimum atomic E-state index is -0.927. The van der Waals surface area contributed by atoms with Gasteiger partial charge >= 0.3 is 5.97 Å². The average molecular weight is 256 g/mol. The van der Waals surface area contributed by atoms with E-state index in [1.807, 2.05) is 13.8 Å². The quantitative estimate of drug-likeness (QED) is 0.857. The predicted octanol–water partition coefficient (Wildman–Crippen LogP) is 1.60. The first-order valence-corrected chi connectivity index (χ1v) is 6.12. The molecule has 0 spiro atoms. The summed E-state index contributed by atoms with van der Waals surface area (Å²) in [5.74, 6) is -1.87. The lowest BCUT2D eigenvalue weighted by atomic mass is 10.0. The first-order valence-electron chi connectivity index (χ1n) is 5.30. The van der Waals surface area contributed by atoms with Crippen molar-refractivity contribution in [1.82, 2.24) is 10.3 Å². The van der Waals surface area contributed by atoms with Crippen LogP contribution in [0.15, 0.2) is 0 Å². The summed E-state index contributed by atoms with van der Waals surface area (Å²) >= 11 is 1.45. The Kier molecular flexibility index (Phi) is 4.22. The van der Waals surface area contributed by atoms with E-state index in [4.69, 9.17) is 5.11 Å². The molecule has 5 nitrogen and oxygen atoms in total. The molecule has 0 bridgehead atoms. The van der Waals surface area contributed by atoms with Gasteiger partial charge in [0.15, 0.2) is 0 Å². The van der Waals surface area contributed by atoms with Crippen LogP contribution in [0.1, 0.15) is 34.2 Å². The molecule has 0 saturated heterocycles. The van der Waals surface area contributed by atoms with Crippen LogP contribution in [-0.4, -0.2) is 28.0 Å². The number of aryl methyl sites for hydroxylation is 2. The molecule has 2 atom stereocenters. The van der Waals surface area contributed by atoms with Crippen molar-refractivity contribution in [3.8, 4) is 0 Å². The summed E-state index contributed by atoms with van der Waals surface area (Å²) in [6.45, 7) is 6.89. The van der Waals surface area contributed by atoms with Crippen LogP contribution in [0.25, 0.3) is 0 Å². The first kappa shape index (κ1) is 13.6. The molecule has 94 valence electrons. The van der Waals surface area contributed by atoms with Crippen molar-refractivity contribution in [1.29, 1.82) is 0 Å². The third kappa shape index (κ3) is 3.26. The molecule has 17 heavy (non-hydrogen) atoms. The number of hydrogen-bond acceptors (Lipinski definition) is 4. The molecule has 2 unspecified atom stereocenters. The van der Waals surface area contributed by atoms with Crippen molar-refractivity contribution in [3.05, 3.63) is 15.6 Å². The van der Waals surface area contributed by atoms with E-state index >= 15 is 0 Å². The number of amides is 1. The van der Waals surface area contributed by atoms with E-state index in [1.54, 1.807) is 13.8 Å². The molecule has 0 aliphatic carbocycles. The molecule has 0 saturated carbocycles. The maximum Gasteiger partial charge on any atom is 0.308 e. The van der Waals surface area contributed by atoms with Crippen LogP contribution in [0.5, 0.6) is 0 Å². The fourth-order valence-electron chi connectivity index (χ4n) is 1.35. The van der Waals surface area contributed by atoms with Gasteiger partial charge < -0.3 is 10.4 Å². The zero-order valence-electron chi connectivity index (χ0n) is 10.3. The third-order valence-electron chi connectivity index (χ3n) is 2.62. The van der Waals surface area contributed by atoms with E-state index in [1.165, 1.54) is 11.3 Å². The number of rotatable bonds is 4. The summed E-state index contributed by atoms with van der Waals surface area (Å²) in [4.78, 5) is 27.6. The standard InChI is InChI=1S/C11H16N2O3S/c1-5(11(15)16)6(2)12-10(14)9-7(3)17-8(4)13-9/h5-6H,1-4H3,(H,12,14)(H,15,16). The number of aromatic nitrogens is 1. The van der Waals surface area contributed by atoms with Gasteiger partial charge in [0.25, 0.3) is 5.91 Å². The van der Waals surface area contributed by atoms with Crippen molar-refractivity contribution in [2.75, 3.05) is 0 Å². The van der Waals surface area contributed by atoms with E-state index in [0.717, 1.165) is 9.88 Å². The Hall–Kier alpha value is -1.43. The fourth-order valence-corrected chi connectivity index (χ4v) is 2.17. The van der Waals surface area contributed by atoms with E-state index in [0.29, 0.717) is 5.69 Å². The van der Waals surface area contributed by atoms with Crippen molar-refractivity contribution in [3.63, 3.8) is 0 Å². The molecule has 0 aromatic carbocycles. The zero-order valence-corrected chi connectivity index (χ0v) is 11.1. The predicted molar refractivity (Wildman–Crippen MR) is 65.3 cm³/mol. The van der Waals surface area contributed by atoms with E-state index in [2.05, 4.69) is 10.3 Å². The number of carboxylic acid groups (broad SMARTS) is 1. The molecular formula is C11H16N2O3S. The van der Waals surface area contributed by atoms with Gasteiger partial charge in [0.05, 0.1) is 10.9 Å². The van der Waals surface area contributed by atoms with Crippen LogP contribution < -0.4 is 5.32 Å². The number of carbonyl (C=O) groups is 2. The van der Waals surface area contributed by atoms with Crippen LogP contribution in [0, 0.1) is 19.8 Å². The molecular weight excluding hydrogens is 240 g/mol. The van der Waals surface area contributed by atoms with Gasteiger partial charge in [-0.25, -0.2) is 4.98 Å². The van der Waals surface area contributed by atoms with Gasteiger partial charge in [-0.3, -0.25) is 9.59 Å². The minimum absolute atomic E-state index is 0.313. The topological polar surface area (TPSA) is 79.3 Å². The largest absolute Gasteiger partial charge is 0.481 e. The third-order valence-corrected chi connectivity index (χ3v) is 3.50. The van der Waals surface area contributed by atoms with Crippen molar-refractivity contribution >= 4 is 23.2 Å². The Morgan fingerprint density at radius 3 is 2.35 bits per heavy atom. The fraction of sp³-hybridized carbons (Fsp3) is 0.545. The van der Waals surface area contributed by atoms with Gasteiger partial charge in [0, 0.05) is 10.9 Å². The molecule has 1 aromatic rings. The van der Waals surface area contributed by atoms with E-state index in [-0.39, 0.29) is 5.91 Å². The average Bonchev–Trinajstić information content (AvgIpc) is 2.56. The van der Waals surface area contributed by atoms with Gasteiger partial charge in [-0.15, -0.1) is 11.3 Å². The summed E-state index contributed by atoms with van der Waals surface area (Å²) in [7, 11) is 0. The molecule has 0 aliphatic rings. The summed E-state index contributed by atoms with van der Waals surface area (Å²) in [5, 5.41) is 12.3. The van der Waals surface area contributed by atoms with Gasteiger partial charge in [-0.1, -0.05) is 0 Å². The summed E-state index contributed by atoms with van der Waals surface area (Å²) in [6.07, 6.45) is 0.